The van der Waals surface area contributed by atoms with E-state index >= 15 is 0 Å². The lowest BCUT2D eigenvalue weighted by Crippen LogP contribution is -2.45. The number of likely N-dealkylation sites (tertiary alicyclic amines) is 1. The highest BCUT2D eigenvalue weighted by molar-refractivity contribution is 14.0. The van der Waals surface area contributed by atoms with Gasteiger partial charge >= 0.3 is 0 Å². The molecule has 7 heteroatoms. The van der Waals surface area contributed by atoms with E-state index in [0.717, 1.165) is 44.5 Å². The summed E-state index contributed by atoms with van der Waals surface area (Å²) >= 11 is 0. The molecule has 1 aromatic rings. The fourth-order valence-corrected chi connectivity index (χ4v) is 5.28. The first-order valence-electron chi connectivity index (χ1n) is 12.3. The summed E-state index contributed by atoms with van der Waals surface area (Å²) in [5, 5.41) is 7.01. The van der Waals surface area contributed by atoms with Crippen molar-refractivity contribution in [2.24, 2.45) is 10.9 Å². The number of guanidine groups is 1. The van der Waals surface area contributed by atoms with Crippen molar-refractivity contribution in [3.63, 3.8) is 0 Å². The predicted octanol–water partition coefficient (Wildman–Crippen LogP) is 3.75. The molecule has 178 valence electrons. The molecule has 0 bridgehead atoms. The van der Waals surface area contributed by atoms with Gasteiger partial charge in [0, 0.05) is 58.3 Å². The van der Waals surface area contributed by atoms with Crippen molar-refractivity contribution in [3.8, 4) is 0 Å². The molecule has 2 N–H and O–H groups in total. The molecule has 2 aliphatic heterocycles. The van der Waals surface area contributed by atoms with Crippen LogP contribution in [0.1, 0.15) is 63.0 Å². The Hall–Kier alpha value is -1.35. The number of rotatable bonds is 8. The molecule has 1 saturated heterocycles. The molecule has 2 heterocycles. The van der Waals surface area contributed by atoms with Gasteiger partial charge in [-0.05, 0) is 49.7 Å². The molecule has 3 aliphatic rings. The quantitative estimate of drug-likeness (QED) is 0.223. The molecule has 32 heavy (non-hydrogen) atoms. The van der Waals surface area contributed by atoms with E-state index < -0.39 is 0 Å². The molecule has 1 atom stereocenters. The van der Waals surface area contributed by atoms with Crippen LogP contribution in [-0.2, 0) is 17.9 Å². The molecule has 1 aromatic carbocycles. The first kappa shape index (κ1) is 25.3. The Morgan fingerprint density at radius 2 is 1.84 bits per heavy atom. The Kier molecular flexibility index (Phi) is 10.1. The van der Waals surface area contributed by atoms with Gasteiger partial charge in [-0.1, -0.05) is 37.1 Å². The Bertz CT molecular complexity index is 739. The van der Waals surface area contributed by atoms with Crippen molar-refractivity contribution in [1.29, 1.82) is 0 Å². The maximum absolute atomic E-state index is 12.6. The number of aliphatic imine (C=N–C) groups is 1. The van der Waals surface area contributed by atoms with Crippen LogP contribution in [0.15, 0.2) is 29.3 Å². The largest absolute Gasteiger partial charge is 0.357 e. The fraction of sp³-hybridized carbons (Fsp3) is 0.680. The number of nitrogens with zero attached hydrogens (tertiary/aromatic N) is 3. The van der Waals surface area contributed by atoms with Crippen LogP contribution in [0.25, 0.3) is 0 Å². The highest BCUT2D eigenvalue weighted by Crippen LogP contribution is 2.26. The third-order valence-electron chi connectivity index (χ3n) is 6.96. The van der Waals surface area contributed by atoms with Gasteiger partial charge in [0.25, 0.3) is 0 Å². The minimum atomic E-state index is 0. The van der Waals surface area contributed by atoms with Crippen molar-refractivity contribution >= 4 is 35.8 Å². The van der Waals surface area contributed by atoms with Crippen LogP contribution >= 0.6 is 24.0 Å². The fourth-order valence-electron chi connectivity index (χ4n) is 5.28. The summed E-state index contributed by atoms with van der Waals surface area (Å²) in [6.45, 7) is 8.73. The van der Waals surface area contributed by atoms with Gasteiger partial charge in [0.05, 0.1) is 0 Å². The van der Waals surface area contributed by atoms with Crippen LogP contribution in [0.3, 0.4) is 0 Å². The molecular weight excluding hydrogens is 513 g/mol. The number of carbonyl (C=O) groups excluding carboxylic acids is 1. The third kappa shape index (κ3) is 7.07. The van der Waals surface area contributed by atoms with Gasteiger partial charge in [-0.25, -0.2) is 0 Å². The zero-order chi connectivity index (χ0) is 21.5. The summed E-state index contributed by atoms with van der Waals surface area (Å²) in [5.74, 6) is 2.06. The summed E-state index contributed by atoms with van der Waals surface area (Å²) in [6.07, 6.45) is 8.22. The second-order valence-corrected chi connectivity index (χ2v) is 9.42. The summed E-state index contributed by atoms with van der Waals surface area (Å²) in [7, 11) is 0. The van der Waals surface area contributed by atoms with Gasteiger partial charge in [0.15, 0.2) is 5.96 Å². The van der Waals surface area contributed by atoms with Crippen LogP contribution in [0.5, 0.6) is 0 Å². The lowest BCUT2D eigenvalue weighted by molar-refractivity contribution is -0.131. The van der Waals surface area contributed by atoms with E-state index in [0.29, 0.717) is 19.0 Å². The molecule has 4 rings (SSSR count). The van der Waals surface area contributed by atoms with E-state index in [1.807, 2.05) is 4.90 Å². The van der Waals surface area contributed by atoms with E-state index in [1.165, 1.54) is 56.3 Å². The van der Waals surface area contributed by atoms with Gasteiger partial charge in [0.1, 0.15) is 0 Å². The Morgan fingerprint density at radius 1 is 1.12 bits per heavy atom. The maximum atomic E-state index is 12.6. The van der Waals surface area contributed by atoms with Gasteiger partial charge < -0.3 is 20.4 Å². The summed E-state index contributed by atoms with van der Waals surface area (Å²) < 4.78 is 0. The number of carbonyl (C=O) groups is 1. The second kappa shape index (κ2) is 12.8. The van der Waals surface area contributed by atoms with Crippen LogP contribution in [0.2, 0.25) is 0 Å². The highest BCUT2D eigenvalue weighted by Gasteiger charge is 2.26. The minimum absolute atomic E-state index is 0. The normalized spacial score (nSPS) is 21.5. The first-order chi connectivity index (χ1) is 15.2. The third-order valence-corrected chi connectivity index (χ3v) is 6.96. The van der Waals surface area contributed by atoms with Crippen LogP contribution < -0.4 is 10.6 Å². The molecule has 1 amide bonds. The van der Waals surface area contributed by atoms with Crippen LogP contribution in [-0.4, -0.2) is 60.4 Å². The van der Waals surface area contributed by atoms with Crippen LogP contribution in [0.4, 0.5) is 0 Å². The molecule has 1 saturated carbocycles. The summed E-state index contributed by atoms with van der Waals surface area (Å²) in [6, 6.07) is 8.83. The number of hydrogen-bond donors (Lipinski definition) is 2. The van der Waals surface area contributed by atoms with E-state index in [9.17, 15) is 4.79 Å². The topological polar surface area (TPSA) is 60.0 Å². The smallest absolute Gasteiger partial charge is 0.223 e. The number of hydrogen-bond acceptors (Lipinski definition) is 3. The van der Waals surface area contributed by atoms with Gasteiger partial charge in [0.2, 0.25) is 5.91 Å². The van der Waals surface area contributed by atoms with Crippen molar-refractivity contribution in [3.05, 3.63) is 35.4 Å². The molecule has 0 radical (unpaired) electrons. The Balaban J connectivity index is 0.00000289. The highest BCUT2D eigenvalue weighted by atomic mass is 127. The number of fused-ring (bicyclic) bond motifs is 1. The molecule has 1 unspecified atom stereocenters. The van der Waals surface area contributed by atoms with E-state index in [4.69, 9.17) is 4.99 Å². The molecule has 0 aromatic heterocycles. The molecule has 2 fully saturated rings. The Labute approximate surface area is 210 Å². The number of nitrogens with one attached hydrogen (secondary N) is 2. The van der Waals surface area contributed by atoms with Gasteiger partial charge in [-0.15, -0.1) is 24.0 Å². The maximum Gasteiger partial charge on any atom is 0.223 e. The second-order valence-electron chi connectivity index (χ2n) is 9.42. The van der Waals surface area contributed by atoms with E-state index in [1.54, 1.807) is 0 Å². The number of amides is 1. The molecule has 1 aliphatic carbocycles. The predicted molar refractivity (Wildman–Crippen MR) is 141 cm³/mol. The first-order valence-corrected chi connectivity index (χ1v) is 12.3. The number of benzene rings is 1. The van der Waals surface area contributed by atoms with Crippen molar-refractivity contribution < 1.29 is 4.79 Å². The number of halogens is 1. The van der Waals surface area contributed by atoms with Crippen molar-refractivity contribution in [2.45, 2.75) is 71.0 Å². The monoisotopic (exact) mass is 553 g/mol. The SMILES string of the molecule is CCNC(=NCCCC(=O)N1Cc2ccccc2C1)NC1CCN(CC2CCCC2)C1.I. The zero-order valence-corrected chi connectivity index (χ0v) is 21.9. The zero-order valence-electron chi connectivity index (χ0n) is 19.5. The van der Waals surface area contributed by atoms with Gasteiger partial charge in [-0.2, -0.15) is 0 Å². The molecule has 0 spiro atoms. The van der Waals surface area contributed by atoms with Gasteiger partial charge in [-0.3, -0.25) is 9.79 Å². The minimum Gasteiger partial charge on any atom is -0.357 e. The Morgan fingerprint density at radius 3 is 2.53 bits per heavy atom. The lowest BCUT2D eigenvalue weighted by atomic mass is 10.1. The average Bonchev–Trinajstić information content (AvgIpc) is 3.52. The average molecular weight is 554 g/mol. The summed E-state index contributed by atoms with van der Waals surface area (Å²) in [4.78, 5) is 21.9. The van der Waals surface area contributed by atoms with Crippen molar-refractivity contribution in [2.75, 3.05) is 32.7 Å². The molecule has 6 nitrogen and oxygen atoms in total. The lowest BCUT2D eigenvalue weighted by Gasteiger charge is -2.21. The standard InChI is InChI=1S/C25H39N5O.HI/c1-2-26-25(28-23-13-15-29(19-23)16-20-8-3-4-9-20)27-14-7-12-24(31)30-17-21-10-5-6-11-22(21)18-30;/h5-6,10-11,20,23H,2-4,7-9,12-19H2,1H3,(H2,26,27,28);1H. The summed E-state index contributed by atoms with van der Waals surface area (Å²) in [5.41, 5.74) is 2.57. The van der Waals surface area contributed by atoms with Crippen molar-refractivity contribution in [1.82, 2.24) is 20.4 Å². The van der Waals surface area contributed by atoms with Crippen LogP contribution in [0, 0.1) is 5.92 Å². The van der Waals surface area contributed by atoms with E-state index in [2.05, 4.69) is 46.7 Å². The molecular formula is C25H40IN5O. The van der Waals surface area contributed by atoms with E-state index in [-0.39, 0.29) is 29.9 Å².